The molecule has 0 atom stereocenters. The first-order chi connectivity index (χ1) is 8.79. The Morgan fingerprint density at radius 1 is 1.32 bits per heavy atom. The van der Waals surface area contributed by atoms with E-state index in [1.165, 1.54) is 25.1 Å². The van der Waals surface area contributed by atoms with Crippen molar-refractivity contribution in [1.82, 2.24) is 0 Å². The van der Waals surface area contributed by atoms with Crippen molar-refractivity contribution in [2.75, 3.05) is 6.61 Å². The summed E-state index contributed by atoms with van der Waals surface area (Å²) in [5.41, 5.74) is 0.550. The molecular formula is C13H13F3O3. The van der Waals surface area contributed by atoms with Crippen LogP contribution in [0.15, 0.2) is 36.4 Å². The van der Waals surface area contributed by atoms with Crippen molar-refractivity contribution in [3.05, 3.63) is 42.0 Å². The van der Waals surface area contributed by atoms with Crippen LogP contribution in [0.5, 0.6) is 5.75 Å². The minimum absolute atomic E-state index is 0.0378. The largest absolute Gasteiger partial charge is 0.573 e. The van der Waals surface area contributed by atoms with E-state index in [9.17, 15) is 18.0 Å². The molecule has 0 heterocycles. The second-order valence-corrected chi connectivity index (χ2v) is 3.82. The van der Waals surface area contributed by atoms with Gasteiger partial charge in [-0.25, -0.2) is 4.79 Å². The van der Waals surface area contributed by atoms with E-state index in [2.05, 4.69) is 11.3 Å². The van der Waals surface area contributed by atoms with Crippen LogP contribution in [0.25, 0.3) is 0 Å². The number of hydrogen-bond donors (Lipinski definition) is 0. The Morgan fingerprint density at radius 3 is 2.53 bits per heavy atom. The highest BCUT2D eigenvalue weighted by molar-refractivity contribution is 5.86. The van der Waals surface area contributed by atoms with E-state index in [-0.39, 0.29) is 24.4 Å². The lowest BCUT2D eigenvalue weighted by Gasteiger charge is -2.13. The Hall–Kier alpha value is -1.98. The molecular weight excluding hydrogens is 261 g/mol. The maximum absolute atomic E-state index is 12.2. The average Bonchev–Trinajstić information content (AvgIpc) is 2.29. The van der Waals surface area contributed by atoms with Crippen molar-refractivity contribution in [2.24, 2.45) is 0 Å². The van der Waals surface area contributed by atoms with Gasteiger partial charge < -0.3 is 9.47 Å². The van der Waals surface area contributed by atoms with Crippen LogP contribution in [0.4, 0.5) is 13.2 Å². The zero-order valence-electron chi connectivity index (χ0n) is 10.3. The molecule has 0 radical (unpaired) electrons. The lowest BCUT2D eigenvalue weighted by molar-refractivity contribution is -0.274. The van der Waals surface area contributed by atoms with Gasteiger partial charge in [0.15, 0.2) is 0 Å². The summed E-state index contributed by atoms with van der Waals surface area (Å²) in [6.07, 6.45) is -4.62. The van der Waals surface area contributed by atoms with Gasteiger partial charge in [-0.15, -0.1) is 13.2 Å². The van der Waals surface area contributed by atoms with Crippen molar-refractivity contribution >= 4 is 5.97 Å². The summed E-state index contributed by atoms with van der Waals surface area (Å²) < 4.78 is 45.2. The molecule has 0 saturated carbocycles. The first kappa shape index (κ1) is 15.1. The van der Waals surface area contributed by atoms with Crippen LogP contribution in [-0.2, 0) is 16.0 Å². The minimum atomic E-state index is -4.75. The molecule has 0 aromatic heterocycles. The molecule has 0 aliphatic rings. The average molecular weight is 274 g/mol. The van der Waals surface area contributed by atoms with Gasteiger partial charge in [0, 0.05) is 12.0 Å². The first-order valence-corrected chi connectivity index (χ1v) is 5.46. The molecule has 0 N–H and O–H groups in total. The van der Waals surface area contributed by atoms with Crippen molar-refractivity contribution in [3.8, 4) is 5.75 Å². The monoisotopic (exact) mass is 274 g/mol. The third-order valence-corrected chi connectivity index (χ3v) is 2.15. The molecule has 0 unspecified atom stereocenters. The summed E-state index contributed by atoms with van der Waals surface area (Å²) in [5.74, 6) is -0.865. The topological polar surface area (TPSA) is 35.5 Å². The zero-order chi connectivity index (χ0) is 14.5. The Labute approximate surface area is 108 Å². The molecule has 19 heavy (non-hydrogen) atoms. The number of benzene rings is 1. The van der Waals surface area contributed by atoms with Gasteiger partial charge in [-0.05, 0) is 18.6 Å². The quantitative estimate of drug-likeness (QED) is 0.610. The van der Waals surface area contributed by atoms with Gasteiger partial charge in [0.05, 0.1) is 6.61 Å². The van der Waals surface area contributed by atoms with Crippen LogP contribution < -0.4 is 4.74 Å². The second kappa shape index (κ2) is 6.26. The lowest BCUT2D eigenvalue weighted by Crippen LogP contribution is -2.18. The fourth-order valence-electron chi connectivity index (χ4n) is 1.31. The standard InChI is InChI=1S/C13H13F3O3/c1-9(2)12(17)18-8-7-10-5-3-4-6-11(10)19-13(14,15)16/h3-6H,1,7-8H2,2H3. The van der Waals surface area contributed by atoms with Gasteiger partial charge in [0.25, 0.3) is 0 Å². The molecule has 0 spiro atoms. The van der Waals surface area contributed by atoms with Gasteiger partial charge in [-0.2, -0.15) is 0 Å². The Morgan fingerprint density at radius 2 is 1.95 bits per heavy atom. The van der Waals surface area contributed by atoms with Gasteiger partial charge in [0.2, 0.25) is 0 Å². The number of halogens is 3. The van der Waals surface area contributed by atoms with E-state index in [1.807, 2.05) is 0 Å². The Balaban J connectivity index is 2.63. The molecule has 1 aromatic rings. The number of carbonyl (C=O) groups excluding carboxylic acids is 1. The van der Waals surface area contributed by atoms with Crippen molar-refractivity contribution in [2.45, 2.75) is 19.7 Å². The molecule has 1 aromatic carbocycles. The van der Waals surface area contributed by atoms with Gasteiger partial charge in [0.1, 0.15) is 5.75 Å². The van der Waals surface area contributed by atoms with Crippen LogP contribution in [0.2, 0.25) is 0 Å². The number of para-hydroxylation sites is 1. The highest BCUT2D eigenvalue weighted by Crippen LogP contribution is 2.26. The highest BCUT2D eigenvalue weighted by atomic mass is 19.4. The van der Waals surface area contributed by atoms with E-state index in [4.69, 9.17) is 4.74 Å². The van der Waals surface area contributed by atoms with Crippen LogP contribution in [0, 0.1) is 0 Å². The van der Waals surface area contributed by atoms with E-state index in [0.29, 0.717) is 5.56 Å². The van der Waals surface area contributed by atoms with Gasteiger partial charge in [-0.3, -0.25) is 0 Å². The normalized spacial score (nSPS) is 10.9. The first-order valence-electron chi connectivity index (χ1n) is 5.46. The summed E-state index contributed by atoms with van der Waals surface area (Å²) >= 11 is 0. The van der Waals surface area contributed by atoms with Gasteiger partial charge in [-0.1, -0.05) is 24.8 Å². The molecule has 0 amide bonds. The third kappa shape index (κ3) is 5.46. The second-order valence-electron chi connectivity index (χ2n) is 3.82. The minimum Gasteiger partial charge on any atom is -0.462 e. The zero-order valence-corrected chi connectivity index (χ0v) is 10.3. The van der Waals surface area contributed by atoms with Crippen LogP contribution >= 0.6 is 0 Å². The van der Waals surface area contributed by atoms with E-state index < -0.39 is 12.3 Å². The summed E-state index contributed by atoms with van der Waals surface area (Å²) in [6.45, 7) is 4.85. The number of alkyl halides is 3. The summed E-state index contributed by atoms with van der Waals surface area (Å²) in [5, 5.41) is 0. The summed E-state index contributed by atoms with van der Waals surface area (Å²) in [7, 11) is 0. The van der Waals surface area contributed by atoms with E-state index in [1.54, 1.807) is 6.07 Å². The van der Waals surface area contributed by atoms with Gasteiger partial charge >= 0.3 is 12.3 Å². The van der Waals surface area contributed by atoms with E-state index >= 15 is 0 Å². The maximum atomic E-state index is 12.2. The van der Waals surface area contributed by atoms with Crippen molar-refractivity contribution in [3.63, 3.8) is 0 Å². The van der Waals surface area contributed by atoms with Crippen LogP contribution in [0.1, 0.15) is 12.5 Å². The SMILES string of the molecule is C=C(C)C(=O)OCCc1ccccc1OC(F)(F)F. The predicted octanol–water partition coefficient (Wildman–Crippen LogP) is 3.25. The molecule has 0 aliphatic carbocycles. The maximum Gasteiger partial charge on any atom is 0.573 e. The number of rotatable bonds is 5. The molecule has 0 saturated heterocycles. The lowest BCUT2D eigenvalue weighted by atomic mass is 10.1. The Bertz CT molecular complexity index is 466. The van der Waals surface area contributed by atoms with Crippen molar-refractivity contribution in [1.29, 1.82) is 0 Å². The fourth-order valence-corrected chi connectivity index (χ4v) is 1.31. The molecule has 1 rings (SSSR count). The Kier molecular flexibility index (Phi) is 4.97. The van der Waals surface area contributed by atoms with Crippen molar-refractivity contribution < 1.29 is 27.4 Å². The third-order valence-electron chi connectivity index (χ3n) is 2.15. The number of hydrogen-bond acceptors (Lipinski definition) is 3. The van der Waals surface area contributed by atoms with E-state index in [0.717, 1.165) is 0 Å². The van der Waals surface area contributed by atoms with Crippen LogP contribution in [-0.4, -0.2) is 18.9 Å². The summed E-state index contributed by atoms with van der Waals surface area (Å²) in [4.78, 5) is 11.1. The smallest absolute Gasteiger partial charge is 0.462 e. The predicted molar refractivity (Wildman–Crippen MR) is 62.6 cm³/mol. The number of ether oxygens (including phenoxy) is 2. The molecule has 104 valence electrons. The molecule has 3 nitrogen and oxygen atoms in total. The number of esters is 1. The molecule has 0 aliphatic heterocycles. The molecule has 6 heteroatoms. The van der Waals surface area contributed by atoms with Crippen LogP contribution in [0.3, 0.4) is 0 Å². The summed E-state index contributed by atoms with van der Waals surface area (Å²) in [6, 6.07) is 5.71. The fraction of sp³-hybridized carbons (Fsp3) is 0.308. The molecule has 0 fully saturated rings. The molecule has 0 bridgehead atoms. The highest BCUT2D eigenvalue weighted by Gasteiger charge is 2.31. The number of carbonyl (C=O) groups is 1.